The van der Waals surface area contributed by atoms with Crippen LogP contribution in [0.2, 0.25) is 0 Å². The van der Waals surface area contributed by atoms with Crippen LogP contribution in [-0.4, -0.2) is 34.5 Å². The van der Waals surface area contributed by atoms with Crippen LogP contribution < -0.4 is 45.8 Å². The van der Waals surface area contributed by atoms with E-state index in [1.807, 2.05) is 0 Å². The van der Waals surface area contributed by atoms with E-state index in [0.29, 0.717) is 0 Å². The van der Waals surface area contributed by atoms with Gasteiger partial charge in [-0.15, -0.1) is 0 Å². The van der Waals surface area contributed by atoms with Crippen LogP contribution in [0.5, 0.6) is 5.75 Å². The maximum atomic E-state index is 12.2. The fourth-order valence-corrected chi connectivity index (χ4v) is 3.47. The third kappa shape index (κ3) is 5.34. The van der Waals surface area contributed by atoms with Gasteiger partial charge in [-0.05, 0) is 36.4 Å². The molecule has 27 heavy (non-hydrogen) atoms. The zero-order valence-corrected chi connectivity index (χ0v) is 17.9. The molecule has 0 saturated carbocycles. The van der Waals surface area contributed by atoms with E-state index in [2.05, 4.69) is 4.18 Å². The first-order valence-electron chi connectivity index (χ1n) is 6.75. The van der Waals surface area contributed by atoms with E-state index in [1.54, 1.807) is 0 Å². The molecule has 0 fully saturated rings. The van der Waals surface area contributed by atoms with Gasteiger partial charge in [0.05, 0.1) is 24.0 Å². The number of nitrogen functional groups attached to an aromatic ring is 2. The van der Waals surface area contributed by atoms with Gasteiger partial charge in [-0.2, -0.15) is 16.8 Å². The molecule has 0 aliphatic heterocycles. The third-order valence-corrected chi connectivity index (χ3v) is 5.33. The summed E-state index contributed by atoms with van der Waals surface area (Å²) < 4.78 is 64.9. The van der Waals surface area contributed by atoms with Gasteiger partial charge in [0.1, 0.15) is 15.5 Å². The summed E-state index contributed by atoms with van der Waals surface area (Å²) in [5.41, 5.74) is 10.5. The summed E-state index contributed by atoms with van der Waals surface area (Å²) >= 11 is 0. The first-order chi connectivity index (χ1) is 12.0. The van der Waals surface area contributed by atoms with Crippen molar-refractivity contribution >= 4 is 37.6 Å². The van der Waals surface area contributed by atoms with Crippen LogP contribution >= 0.6 is 0 Å². The topological polar surface area (TPSA) is 176 Å². The molecule has 0 spiro atoms. The number of benzene rings is 2. The minimum absolute atomic E-state index is 0. The Bertz CT molecular complexity index is 1090. The van der Waals surface area contributed by atoms with Crippen LogP contribution in [0, 0.1) is 0 Å². The van der Waals surface area contributed by atoms with Crippen molar-refractivity contribution in [3.63, 3.8) is 0 Å². The summed E-state index contributed by atoms with van der Waals surface area (Å²) in [4.78, 5) is 10.8. The van der Waals surface area contributed by atoms with Crippen molar-refractivity contribution < 1.29 is 66.1 Å². The van der Waals surface area contributed by atoms with Gasteiger partial charge in [0, 0.05) is 0 Å². The van der Waals surface area contributed by atoms with Crippen LogP contribution in [-0.2, 0) is 24.4 Å². The number of ether oxygens (including phenoxy) is 1. The van der Waals surface area contributed by atoms with E-state index in [4.69, 9.17) is 20.8 Å². The number of carbonyl (C=O) groups is 1. The Labute approximate surface area is 179 Å². The molecule has 2 aromatic carbocycles. The Kier molecular flexibility index (Phi) is 7.27. The quantitative estimate of drug-likeness (QED) is 0.205. The number of anilines is 2. The molecule has 13 heteroatoms. The monoisotopic (exact) mass is 426 g/mol. The van der Waals surface area contributed by atoms with E-state index in [1.165, 1.54) is 25.3 Å². The maximum absolute atomic E-state index is 12.2. The molecule has 2 aromatic rings. The second-order valence-electron chi connectivity index (χ2n) is 4.96. The third-order valence-electron chi connectivity index (χ3n) is 3.20. The van der Waals surface area contributed by atoms with E-state index in [-0.39, 0.29) is 48.0 Å². The zero-order chi connectivity index (χ0) is 19.7. The van der Waals surface area contributed by atoms with E-state index < -0.39 is 41.7 Å². The van der Waals surface area contributed by atoms with Gasteiger partial charge in [-0.3, -0.25) is 4.55 Å². The predicted molar refractivity (Wildman–Crippen MR) is 91.8 cm³/mol. The molecule has 2 rings (SSSR count). The summed E-state index contributed by atoms with van der Waals surface area (Å²) in [5.74, 6) is -0.922. The minimum Gasteiger partial charge on any atom is -1.00 e. The van der Waals surface area contributed by atoms with Crippen molar-refractivity contribution in [1.29, 1.82) is 0 Å². The van der Waals surface area contributed by atoms with Crippen LogP contribution in [0.4, 0.5) is 11.4 Å². The molecule has 10 nitrogen and oxygen atoms in total. The number of methoxy groups -OCH3 is 1. The Balaban J connectivity index is 0.00000364. The van der Waals surface area contributed by atoms with E-state index in [9.17, 15) is 21.6 Å². The van der Waals surface area contributed by atoms with Crippen molar-refractivity contribution in [1.82, 2.24) is 0 Å². The Hall–Kier alpha value is -1.83. The average Bonchev–Trinajstić information content (AvgIpc) is 2.53. The molecular weight excluding hydrogens is 411 g/mol. The summed E-state index contributed by atoms with van der Waals surface area (Å²) in [6, 6.07) is 6.13. The minimum atomic E-state index is -4.63. The molecule has 0 unspecified atom stereocenters. The largest absolute Gasteiger partial charge is 1.00 e. The Morgan fingerprint density at radius 3 is 2.15 bits per heavy atom. The smallest absolute Gasteiger partial charge is 1.00 e. The normalized spacial score (nSPS) is 11.3. The number of rotatable bonds is 5. The standard InChI is InChI=1S/C14H14N2O8S2.Na.H/c1-23-12-4-2-8(6-10(12)15)14(17)24-26(21,22)9-3-5-13(11(16)7-9)25(18,19)20;;/h2-7H,15-16H2,1H3,(H,18,19,20);;/q;+1;-1. The Morgan fingerprint density at radius 1 is 1.04 bits per heavy atom. The van der Waals surface area contributed by atoms with Gasteiger partial charge in [-0.25, -0.2) is 4.79 Å². The first-order valence-corrected chi connectivity index (χ1v) is 9.60. The van der Waals surface area contributed by atoms with Crippen molar-refractivity contribution in [3.05, 3.63) is 42.0 Å². The molecule has 0 amide bonds. The molecule has 0 heterocycles. The number of carbonyl (C=O) groups excluding carboxylic acids is 1. The predicted octanol–water partition coefficient (Wildman–Crippen LogP) is -2.23. The van der Waals surface area contributed by atoms with Gasteiger partial charge in [0.15, 0.2) is 0 Å². The molecule has 0 aromatic heterocycles. The van der Waals surface area contributed by atoms with Gasteiger partial charge in [0.25, 0.3) is 10.1 Å². The molecule has 142 valence electrons. The molecular formula is C14H15N2NaO8S2. The summed E-state index contributed by atoms with van der Waals surface area (Å²) in [6.45, 7) is 0. The number of hydrogen-bond donors (Lipinski definition) is 3. The van der Waals surface area contributed by atoms with Gasteiger partial charge < -0.3 is 21.8 Å². The fraction of sp³-hybridized carbons (Fsp3) is 0.0714. The molecule has 0 radical (unpaired) electrons. The average molecular weight is 426 g/mol. The SMILES string of the molecule is COc1ccc(C(=O)OS(=O)(=O)c2ccc(S(=O)(=O)O)c(N)c2)cc1N.[H-].[Na+]. The maximum Gasteiger partial charge on any atom is 1.00 e. The number of nitrogens with two attached hydrogens (primary N) is 2. The number of hydrogen-bond acceptors (Lipinski definition) is 9. The molecule has 0 bridgehead atoms. The molecule has 0 aliphatic carbocycles. The van der Waals surface area contributed by atoms with Crippen LogP contribution in [0.25, 0.3) is 0 Å². The fourth-order valence-electron chi connectivity index (χ4n) is 1.97. The second-order valence-corrected chi connectivity index (χ2v) is 7.89. The summed E-state index contributed by atoms with van der Waals surface area (Å²) in [6.07, 6.45) is 0. The summed E-state index contributed by atoms with van der Waals surface area (Å²) in [5, 5.41) is 0. The van der Waals surface area contributed by atoms with Crippen molar-refractivity contribution in [3.8, 4) is 5.75 Å². The van der Waals surface area contributed by atoms with Crippen LogP contribution in [0.15, 0.2) is 46.2 Å². The second kappa shape index (κ2) is 8.46. The van der Waals surface area contributed by atoms with Crippen LogP contribution in [0.3, 0.4) is 0 Å². The van der Waals surface area contributed by atoms with Crippen LogP contribution in [0.1, 0.15) is 11.8 Å². The zero-order valence-electron chi connectivity index (χ0n) is 15.2. The van der Waals surface area contributed by atoms with E-state index >= 15 is 0 Å². The summed E-state index contributed by atoms with van der Waals surface area (Å²) in [7, 11) is -7.86. The van der Waals surface area contributed by atoms with E-state index in [0.717, 1.165) is 18.2 Å². The molecule has 0 aliphatic rings. The molecule has 0 saturated heterocycles. The van der Waals surface area contributed by atoms with Crippen molar-refractivity contribution in [2.45, 2.75) is 9.79 Å². The first kappa shape index (κ1) is 23.2. The van der Waals surface area contributed by atoms with Crippen molar-refractivity contribution in [2.75, 3.05) is 18.6 Å². The molecule has 5 N–H and O–H groups in total. The molecule has 0 atom stereocenters. The Morgan fingerprint density at radius 2 is 1.67 bits per heavy atom. The van der Waals surface area contributed by atoms with Gasteiger partial charge in [-0.1, -0.05) is 0 Å². The van der Waals surface area contributed by atoms with Gasteiger partial charge >= 0.3 is 45.6 Å². The van der Waals surface area contributed by atoms with Gasteiger partial charge in [0.2, 0.25) is 0 Å². The van der Waals surface area contributed by atoms with Crippen molar-refractivity contribution in [2.24, 2.45) is 0 Å².